The fraction of sp³-hybridized carbons (Fsp3) is 0.318. The first-order chi connectivity index (χ1) is 14.8. The molecule has 1 spiro atoms. The number of hydrogen-bond donors (Lipinski definition) is 2. The van der Waals surface area contributed by atoms with E-state index >= 15 is 0 Å². The zero-order valence-corrected chi connectivity index (χ0v) is 18.6. The highest BCUT2D eigenvalue weighted by atomic mass is 79.9. The Morgan fingerprint density at radius 1 is 1.35 bits per heavy atom. The highest BCUT2D eigenvalue weighted by Gasteiger charge is 2.67. The first-order valence-corrected chi connectivity index (χ1v) is 10.6. The number of halogens is 1. The Labute approximate surface area is 187 Å². The maximum atomic E-state index is 13.1. The minimum absolute atomic E-state index is 0.285. The predicted molar refractivity (Wildman–Crippen MR) is 119 cm³/mol. The standard InChI is InChI=1S/C22H22BrN3O5/c1-4-9-31-19-15(23)10-13(11-17(19)30-3)18-12(2)25-22(20(18)26(28)29)14-7-5-6-8-16(14)24-21(22)27/h4-8,10-12,18,20,25H,1,9H2,2-3H3,(H,24,27)/t12-,18-,20+,22-/m0/s1. The summed E-state index contributed by atoms with van der Waals surface area (Å²) in [6, 6.07) is 9.03. The second-order valence-electron chi connectivity index (χ2n) is 7.63. The average Bonchev–Trinajstić information content (AvgIpc) is 3.21. The Kier molecular flexibility index (Phi) is 5.49. The number of fused-ring (bicyclic) bond motifs is 2. The lowest BCUT2D eigenvalue weighted by Crippen LogP contribution is -2.54. The summed E-state index contributed by atoms with van der Waals surface area (Å²) in [5.74, 6) is -0.0777. The van der Waals surface area contributed by atoms with E-state index in [9.17, 15) is 14.9 Å². The highest BCUT2D eigenvalue weighted by molar-refractivity contribution is 9.10. The Balaban J connectivity index is 1.85. The highest BCUT2D eigenvalue weighted by Crippen LogP contribution is 2.51. The number of amides is 1. The molecule has 2 aliphatic rings. The third kappa shape index (κ3) is 3.19. The molecule has 4 rings (SSSR count). The van der Waals surface area contributed by atoms with Gasteiger partial charge in [-0.25, -0.2) is 0 Å². The summed E-state index contributed by atoms with van der Waals surface area (Å²) in [5, 5.41) is 18.5. The lowest BCUT2D eigenvalue weighted by molar-refractivity contribution is -0.532. The molecular weight excluding hydrogens is 466 g/mol. The van der Waals surface area contributed by atoms with Gasteiger partial charge in [-0.05, 0) is 46.6 Å². The van der Waals surface area contributed by atoms with E-state index in [-0.39, 0.29) is 17.6 Å². The summed E-state index contributed by atoms with van der Waals surface area (Å²) in [6.45, 7) is 5.78. The van der Waals surface area contributed by atoms with E-state index < -0.39 is 23.4 Å². The molecule has 1 amide bonds. The van der Waals surface area contributed by atoms with Crippen LogP contribution in [0.15, 0.2) is 53.5 Å². The van der Waals surface area contributed by atoms with E-state index in [4.69, 9.17) is 9.47 Å². The van der Waals surface area contributed by atoms with Crippen LogP contribution in [0.1, 0.15) is 24.0 Å². The topological polar surface area (TPSA) is 103 Å². The van der Waals surface area contributed by atoms with E-state index in [1.807, 2.05) is 6.92 Å². The van der Waals surface area contributed by atoms with Crippen LogP contribution in [-0.2, 0) is 10.3 Å². The van der Waals surface area contributed by atoms with Crippen molar-refractivity contribution in [2.45, 2.75) is 30.5 Å². The number of carbonyl (C=O) groups excluding carboxylic acids is 1. The molecule has 0 radical (unpaired) electrons. The quantitative estimate of drug-likeness (QED) is 0.366. The third-order valence-electron chi connectivity index (χ3n) is 5.95. The first kappa shape index (κ1) is 21.3. The summed E-state index contributed by atoms with van der Waals surface area (Å²) >= 11 is 3.50. The number of benzene rings is 2. The number of methoxy groups -OCH3 is 1. The number of anilines is 1. The summed E-state index contributed by atoms with van der Waals surface area (Å²) in [6.07, 6.45) is 1.62. The molecule has 0 unspecified atom stereocenters. The first-order valence-electron chi connectivity index (χ1n) is 9.78. The maximum absolute atomic E-state index is 13.1. The van der Waals surface area contributed by atoms with Gasteiger partial charge >= 0.3 is 0 Å². The van der Waals surface area contributed by atoms with Crippen LogP contribution in [0.3, 0.4) is 0 Å². The molecule has 1 saturated heterocycles. The van der Waals surface area contributed by atoms with Crippen molar-refractivity contribution in [3.63, 3.8) is 0 Å². The van der Waals surface area contributed by atoms with Gasteiger partial charge in [-0.3, -0.25) is 20.2 Å². The van der Waals surface area contributed by atoms with Crippen molar-refractivity contribution < 1.29 is 19.2 Å². The summed E-state index contributed by atoms with van der Waals surface area (Å²) < 4.78 is 11.8. The van der Waals surface area contributed by atoms with Crippen molar-refractivity contribution in [1.82, 2.24) is 5.32 Å². The van der Waals surface area contributed by atoms with Gasteiger partial charge in [-0.1, -0.05) is 30.9 Å². The monoisotopic (exact) mass is 487 g/mol. The van der Waals surface area contributed by atoms with Gasteiger partial charge in [0, 0.05) is 22.2 Å². The molecule has 2 heterocycles. The zero-order chi connectivity index (χ0) is 22.3. The molecule has 2 aromatic rings. The van der Waals surface area contributed by atoms with Gasteiger partial charge in [0.2, 0.25) is 0 Å². The Bertz CT molecular complexity index is 1080. The Morgan fingerprint density at radius 3 is 2.77 bits per heavy atom. The van der Waals surface area contributed by atoms with Crippen LogP contribution in [0.5, 0.6) is 11.5 Å². The molecule has 0 saturated carbocycles. The normalized spacial score (nSPS) is 26.4. The number of para-hydroxylation sites is 1. The minimum atomic E-state index is -1.46. The van der Waals surface area contributed by atoms with Crippen molar-refractivity contribution in [2.24, 2.45) is 0 Å². The van der Waals surface area contributed by atoms with Crippen molar-refractivity contribution in [1.29, 1.82) is 0 Å². The summed E-state index contributed by atoms with van der Waals surface area (Å²) in [4.78, 5) is 25.2. The third-order valence-corrected chi connectivity index (χ3v) is 6.53. The van der Waals surface area contributed by atoms with Crippen LogP contribution in [0.4, 0.5) is 5.69 Å². The number of nitrogens with zero attached hydrogens (tertiary/aromatic N) is 1. The Morgan fingerprint density at radius 2 is 2.10 bits per heavy atom. The number of nitro groups is 1. The van der Waals surface area contributed by atoms with Crippen LogP contribution in [0, 0.1) is 10.1 Å². The van der Waals surface area contributed by atoms with E-state index in [2.05, 4.69) is 33.1 Å². The minimum Gasteiger partial charge on any atom is -0.493 e. The van der Waals surface area contributed by atoms with Gasteiger partial charge in [0.05, 0.1) is 17.5 Å². The van der Waals surface area contributed by atoms with Crippen LogP contribution in [-0.4, -0.2) is 36.6 Å². The molecule has 9 heteroatoms. The SMILES string of the molecule is C=CCOc1c(Br)cc([C@@H]2[C@H](C)N[C@]3(C(=O)Nc4ccccc43)[C@@H]2[N+](=O)[O-])cc1OC. The lowest BCUT2D eigenvalue weighted by Gasteiger charge is -2.25. The number of rotatable bonds is 6. The molecule has 2 aromatic carbocycles. The molecule has 31 heavy (non-hydrogen) atoms. The number of nitrogens with one attached hydrogen (secondary N) is 2. The molecular formula is C22H22BrN3O5. The van der Waals surface area contributed by atoms with Crippen molar-refractivity contribution in [2.75, 3.05) is 19.0 Å². The smallest absolute Gasteiger partial charge is 0.256 e. The van der Waals surface area contributed by atoms with Crippen molar-refractivity contribution in [3.05, 3.63) is 74.8 Å². The van der Waals surface area contributed by atoms with E-state index in [0.29, 0.717) is 32.8 Å². The van der Waals surface area contributed by atoms with Gasteiger partial charge in [0.15, 0.2) is 17.0 Å². The van der Waals surface area contributed by atoms with Gasteiger partial charge in [-0.15, -0.1) is 0 Å². The van der Waals surface area contributed by atoms with Crippen molar-refractivity contribution in [3.8, 4) is 11.5 Å². The Hall–Kier alpha value is -2.91. The number of ether oxygens (including phenoxy) is 2. The number of carbonyl (C=O) groups is 1. The zero-order valence-electron chi connectivity index (χ0n) is 17.1. The van der Waals surface area contributed by atoms with Crippen LogP contribution < -0.4 is 20.1 Å². The average molecular weight is 488 g/mol. The molecule has 4 atom stereocenters. The molecule has 2 aliphatic heterocycles. The molecule has 1 fully saturated rings. The fourth-order valence-electron chi connectivity index (χ4n) is 4.77. The summed E-state index contributed by atoms with van der Waals surface area (Å²) in [5.41, 5.74) is 0.395. The van der Waals surface area contributed by atoms with Gasteiger partial charge in [0.25, 0.3) is 11.9 Å². The van der Waals surface area contributed by atoms with E-state index in [1.165, 1.54) is 7.11 Å². The molecule has 8 nitrogen and oxygen atoms in total. The van der Waals surface area contributed by atoms with Crippen LogP contribution >= 0.6 is 15.9 Å². The second kappa shape index (κ2) is 7.97. The van der Waals surface area contributed by atoms with E-state index in [0.717, 1.165) is 0 Å². The fourth-order valence-corrected chi connectivity index (χ4v) is 5.34. The second-order valence-corrected chi connectivity index (χ2v) is 8.48. The maximum Gasteiger partial charge on any atom is 0.256 e. The molecule has 0 aromatic heterocycles. The molecule has 0 aliphatic carbocycles. The van der Waals surface area contributed by atoms with Gasteiger partial charge in [0.1, 0.15) is 6.61 Å². The van der Waals surface area contributed by atoms with Crippen LogP contribution in [0.2, 0.25) is 0 Å². The lowest BCUT2D eigenvalue weighted by atomic mass is 9.78. The molecule has 0 bridgehead atoms. The van der Waals surface area contributed by atoms with E-state index in [1.54, 1.807) is 42.5 Å². The molecule has 2 N–H and O–H groups in total. The predicted octanol–water partition coefficient (Wildman–Crippen LogP) is 3.59. The van der Waals surface area contributed by atoms with Crippen molar-refractivity contribution >= 4 is 27.5 Å². The largest absolute Gasteiger partial charge is 0.493 e. The van der Waals surface area contributed by atoms with Crippen LogP contribution in [0.25, 0.3) is 0 Å². The number of hydrogen-bond acceptors (Lipinski definition) is 6. The van der Waals surface area contributed by atoms with Gasteiger partial charge in [-0.2, -0.15) is 0 Å². The van der Waals surface area contributed by atoms with Gasteiger partial charge < -0.3 is 14.8 Å². The summed E-state index contributed by atoms with van der Waals surface area (Å²) in [7, 11) is 1.51. The molecule has 162 valence electrons.